The summed E-state index contributed by atoms with van der Waals surface area (Å²) < 4.78 is 6.86. The standard InChI is InChI=1S/C17H28BrNO/c1-13(2)7-6-10-20-16-9-8-14(11-15(16)18)12-19-17(3,4)5/h8-9,11,13,19H,6-7,10,12H2,1-5H3. The van der Waals surface area contributed by atoms with Gasteiger partial charge in [-0.25, -0.2) is 0 Å². The van der Waals surface area contributed by atoms with E-state index in [0.29, 0.717) is 0 Å². The normalized spacial score (nSPS) is 11.9. The molecule has 0 fully saturated rings. The summed E-state index contributed by atoms with van der Waals surface area (Å²) in [5, 5.41) is 3.49. The maximum absolute atomic E-state index is 5.82. The lowest BCUT2D eigenvalue weighted by molar-refractivity contribution is 0.296. The summed E-state index contributed by atoms with van der Waals surface area (Å²) in [5.74, 6) is 1.68. The van der Waals surface area contributed by atoms with Gasteiger partial charge in [0, 0.05) is 12.1 Å². The highest BCUT2D eigenvalue weighted by Crippen LogP contribution is 2.26. The maximum atomic E-state index is 5.82. The van der Waals surface area contributed by atoms with Gasteiger partial charge in [0.05, 0.1) is 11.1 Å². The quantitative estimate of drug-likeness (QED) is 0.692. The third-order valence-electron chi connectivity index (χ3n) is 3.00. The van der Waals surface area contributed by atoms with Crippen LogP contribution < -0.4 is 10.1 Å². The summed E-state index contributed by atoms with van der Waals surface area (Å²) in [6.07, 6.45) is 2.32. The van der Waals surface area contributed by atoms with Crippen molar-refractivity contribution in [3.05, 3.63) is 28.2 Å². The molecule has 0 aliphatic carbocycles. The molecule has 0 atom stereocenters. The van der Waals surface area contributed by atoms with Gasteiger partial charge >= 0.3 is 0 Å². The van der Waals surface area contributed by atoms with Crippen LogP contribution in [0.5, 0.6) is 5.75 Å². The summed E-state index contributed by atoms with van der Waals surface area (Å²) in [5.41, 5.74) is 1.40. The molecule has 0 unspecified atom stereocenters. The second-order valence-electron chi connectivity index (χ2n) is 6.75. The third-order valence-corrected chi connectivity index (χ3v) is 3.62. The van der Waals surface area contributed by atoms with Crippen LogP contribution in [-0.2, 0) is 6.54 Å². The van der Waals surface area contributed by atoms with Crippen molar-refractivity contribution in [3.8, 4) is 5.75 Å². The van der Waals surface area contributed by atoms with Crippen molar-refractivity contribution in [1.29, 1.82) is 0 Å². The fourth-order valence-corrected chi connectivity index (χ4v) is 2.35. The van der Waals surface area contributed by atoms with E-state index in [1.165, 1.54) is 12.0 Å². The Morgan fingerprint density at radius 1 is 1.25 bits per heavy atom. The molecule has 1 aromatic carbocycles. The monoisotopic (exact) mass is 341 g/mol. The predicted molar refractivity (Wildman–Crippen MR) is 90.3 cm³/mol. The average Bonchev–Trinajstić information content (AvgIpc) is 2.33. The van der Waals surface area contributed by atoms with Gasteiger partial charge in [-0.15, -0.1) is 0 Å². The minimum absolute atomic E-state index is 0.137. The number of hydrogen-bond donors (Lipinski definition) is 1. The minimum Gasteiger partial charge on any atom is -0.492 e. The van der Waals surface area contributed by atoms with Crippen LogP contribution in [0.3, 0.4) is 0 Å². The van der Waals surface area contributed by atoms with Crippen LogP contribution in [0.25, 0.3) is 0 Å². The topological polar surface area (TPSA) is 21.3 Å². The van der Waals surface area contributed by atoms with Crippen LogP contribution in [0.2, 0.25) is 0 Å². The van der Waals surface area contributed by atoms with Crippen molar-refractivity contribution < 1.29 is 4.74 Å². The van der Waals surface area contributed by atoms with Crippen molar-refractivity contribution in [2.24, 2.45) is 5.92 Å². The lowest BCUT2D eigenvalue weighted by Gasteiger charge is -2.20. The Kier molecular flexibility index (Phi) is 7.04. The van der Waals surface area contributed by atoms with Crippen LogP contribution in [0, 0.1) is 5.92 Å². The Labute approximate surface area is 132 Å². The highest BCUT2D eigenvalue weighted by Gasteiger charge is 2.09. The molecule has 0 radical (unpaired) electrons. The Hall–Kier alpha value is -0.540. The number of halogens is 1. The van der Waals surface area contributed by atoms with E-state index < -0.39 is 0 Å². The third kappa shape index (κ3) is 7.30. The lowest BCUT2D eigenvalue weighted by Crippen LogP contribution is -2.35. The first-order chi connectivity index (χ1) is 9.28. The molecule has 1 rings (SSSR count). The fraction of sp³-hybridized carbons (Fsp3) is 0.647. The zero-order valence-electron chi connectivity index (χ0n) is 13.4. The Bertz CT molecular complexity index is 410. The first-order valence-electron chi connectivity index (χ1n) is 7.44. The smallest absolute Gasteiger partial charge is 0.133 e. The molecule has 2 nitrogen and oxygen atoms in total. The molecule has 1 aromatic rings. The molecule has 0 spiro atoms. The number of nitrogens with one attached hydrogen (secondary N) is 1. The zero-order chi connectivity index (χ0) is 15.2. The van der Waals surface area contributed by atoms with Gasteiger partial charge in [0.2, 0.25) is 0 Å². The van der Waals surface area contributed by atoms with E-state index in [4.69, 9.17) is 4.74 Å². The molecule has 0 aromatic heterocycles. The van der Waals surface area contributed by atoms with Gasteiger partial charge in [-0.05, 0) is 73.2 Å². The zero-order valence-corrected chi connectivity index (χ0v) is 15.0. The van der Waals surface area contributed by atoms with E-state index in [1.54, 1.807) is 0 Å². The van der Waals surface area contributed by atoms with E-state index >= 15 is 0 Å². The lowest BCUT2D eigenvalue weighted by atomic mass is 10.1. The second-order valence-corrected chi connectivity index (χ2v) is 7.61. The van der Waals surface area contributed by atoms with Crippen molar-refractivity contribution in [1.82, 2.24) is 5.32 Å². The van der Waals surface area contributed by atoms with Gasteiger partial charge in [0.1, 0.15) is 5.75 Å². The van der Waals surface area contributed by atoms with Crippen LogP contribution in [-0.4, -0.2) is 12.1 Å². The summed E-state index contributed by atoms with van der Waals surface area (Å²) in [6.45, 7) is 12.7. The Morgan fingerprint density at radius 2 is 1.95 bits per heavy atom. The predicted octanol–water partition coefficient (Wildman–Crippen LogP) is 5.15. The van der Waals surface area contributed by atoms with Gasteiger partial charge in [0.25, 0.3) is 0 Å². The maximum Gasteiger partial charge on any atom is 0.133 e. The van der Waals surface area contributed by atoms with Crippen LogP contribution >= 0.6 is 15.9 Å². The number of hydrogen-bond acceptors (Lipinski definition) is 2. The molecule has 0 aliphatic heterocycles. The van der Waals surface area contributed by atoms with Crippen LogP contribution in [0.4, 0.5) is 0 Å². The molecule has 0 amide bonds. The second kappa shape index (κ2) is 8.04. The van der Waals surface area contributed by atoms with Gasteiger partial charge in [-0.3, -0.25) is 0 Å². The van der Waals surface area contributed by atoms with Crippen molar-refractivity contribution in [2.45, 2.75) is 59.5 Å². The minimum atomic E-state index is 0.137. The molecule has 0 heterocycles. The van der Waals surface area contributed by atoms with Gasteiger partial charge in [-0.1, -0.05) is 19.9 Å². The Balaban J connectivity index is 2.47. The largest absolute Gasteiger partial charge is 0.492 e. The number of rotatable bonds is 7. The van der Waals surface area contributed by atoms with Crippen LogP contribution in [0.15, 0.2) is 22.7 Å². The van der Waals surface area contributed by atoms with E-state index in [0.717, 1.165) is 35.7 Å². The summed E-state index contributed by atoms with van der Waals surface area (Å²) >= 11 is 3.60. The molecule has 3 heteroatoms. The first-order valence-corrected chi connectivity index (χ1v) is 8.23. The molecular formula is C17H28BrNO. The van der Waals surface area contributed by atoms with E-state index in [2.05, 4.69) is 74.1 Å². The van der Waals surface area contributed by atoms with Crippen molar-refractivity contribution >= 4 is 15.9 Å². The molecule has 1 N–H and O–H groups in total. The van der Waals surface area contributed by atoms with Gasteiger partial charge in [0.15, 0.2) is 0 Å². The van der Waals surface area contributed by atoms with E-state index in [-0.39, 0.29) is 5.54 Å². The molecule has 114 valence electrons. The molecule has 0 saturated carbocycles. The van der Waals surface area contributed by atoms with Crippen LogP contribution in [0.1, 0.15) is 53.0 Å². The molecule has 20 heavy (non-hydrogen) atoms. The Morgan fingerprint density at radius 3 is 2.50 bits per heavy atom. The first kappa shape index (κ1) is 17.5. The number of benzene rings is 1. The van der Waals surface area contributed by atoms with Crippen molar-refractivity contribution in [3.63, 3.8) is 0 Å². The van der Waals surface area contributed by atoms with E-state index in [1.807, 2.05) is 0 Å². The molecule has 0 bridgehead atoms. The highest BCUT2D eigenvalue weighted by atomic mass is 79.9. The molecule has 0 aliphatic rings. The average molecular weight is 342 g/mol. The summed E-state index contributed by atoms with van der Waals surface area (Å²) in [6, 6.07) is 6.32. The molecule has 0 saturated heterocycles. The number of ether oxygens (including phenoxy) is 1. The molecular weight excluding hydrogens is 314 g/mol. The van der Waals surface area contributed by atoms with Crippen molar-refractivity contribution in [2.75, 3.05) is 6.61 Å². The summed E-state index contributed by atoms with van der Waals surface area (Å²) in [4.78, 5) is 0. The van der Waals surface area contributed by atoms with Gasteiger partial charge in [-0.2, -0.15) is 0 Å². The van der Waals surface area contributed by atoms with Gasteiger partial charge < -0.3 is 10.1 Å². The SMILES string of the molecule is CC(C)CCCOc1ccc(CNC(C)(C)C)cc1Br. The summed E-state index contributed by atoms with van der Waals surface area (Å²) in [7, 11) is 0. The van der Waals surface area contributed by atoms with E-state index in [9.17, 15) is 0 Å². The fourth-order valence-electron chi connectivity index (χ4n) is 1.81. The highest BCUT2D eigenvalue weighted by molar-refractivity contribution is 9.10.